The fraction of sp³-hybridized carbons (Fsp3) is 0.450. The van der Waals surface area contributed by atoms with Gasteiger partial charge in [0.2, 0.25) is 11.1 Å². The highest BCUT2D eigenvalue weighted by Crippen LogP contribution is 2.45. The quantitative estimate of drug-likeness (QED) is 0.771. The summed E-state index contributed by atoms with van der Waals surface area (Å²) in [5.41, 5.74) is 2.42. The number of aromatic nitrogens is 3. The van der Waals surface area contributed by atoms with Crippen molar-refractivity contribution in [3.05, 3.63) is 41.1 Å². The number of Topliss-reactive ketones (excluding diaryl/α,β-unsaturated/α-hetero) is 1. The molecule has 0 radical (unpaired) electrons. The molecule has 2 aliphatic rings. The fourth-order valence-electron chi connectivity index (χ4n) is 3.85. The molecule has 1 aliphatic heterocycles. The van der Waals surface area contributed by atoms with Crippen molar-refractivity contribution in [2.75, 3.05) is 11.1 Å². The Balaban J connectivity index is 1.85. The van der Waals surface area contributed by atoms with Crippen molar-refractivity contribution in [1.82, 2.24) is 14.8 Å². The number of hydrogen-bond donors (Lipinski definition) is 2. The van der Waals surface area contributed by atoms with E-state index in [4.69, 9.17) is 0 Å². The second-order valence-corrected chi connectivity index (χ2v) is 9.03. The zero-order valence-electron chi connectivity index (χ0n) is 15.8. The van der Waals surface area contributed by atoms with Gasteiger partial charge in [-0.05, 0) is 36.0 Å². The summed E-state index contributed by atoms with van der Waals surface area (Å²) in [5, 5.41) is 18.7. The number of aromatic hydroxyl groups is 1. The molecule has 1 aromatic carbocycles. The number of ketones is 1. The molecule has 1 atom stereocenters. The first-order valence-corrected chi connectivity index (χ1v) is 10.3. The number of phenols is 1. The summed E-state index contributed by atoms with van der Waals surface area (Å²) in [5.74, 6) is 1.91. The number of thioether (sulfide) groups is 1. The Morgan fingerprint density at radius 1 is 1.37 bits per heavy atom. The maximum Gasteiger partial charge on any atom is 0.227 e. The van der Waals surface area contributed by atoms with Crippen LogP contribution in [0.3, 0.4) is 0 Å². The van der Waals surface area contributed by atoms with E-state index < -0.39 is 0 Å². The van der Waals surface area contributed by atoms with Crippen LogP contribution in [0.25, 0.3) is 0 Å². The van der Waals surface area contributed by atoms with Crippen molar-refractivity contribution in [2.45, 2.75) is 51.2 Å². The minimum absolute atomic E-state index is 0.0890. The molecule has 2 aromatic rings. The second-order valence-electron chi connectivity index (χ2n) is 7.97. The molecule has 1 aromatic heterocycles. The molecule has 0 fully saturated rings. The van der Waals surface area contributed by atoms with E-state index in [0.717, 1.165) is 35.4 Å². The summed E-state index contributed by atoms with van der Waals surface area (Å²) < 4.78 is 1.79. The molecule has 6 nitrogen and oxygen atoms in total. The number of rotatable bonds is 4. The number of carbonyl (C=O) groups excluding carboxylic acids is 1. The van der Waals surface area contributed by atoms with Crippen LogP contribution in [0, 0.1) is 5.41 Å². The molecule has 2 N–H and O–H groups in total. The van der Waals surface area contributed by atoms with Gasteiger partial charge in [-0.2, -0.15) is 4.98 Å². The Morgan fingerprint density at radius 2 is 2.19 bits per heavy atom. The van der Waals surface area contributed by atoms with Crippen LogP contribution in [0.5, 0.6) is 5.75 Å². The summed E-state index contributed by atoms with van der Waals surface area (Å²) in [6, 6.07) is 6.70. The number of benzene rings is 1. The zero-order chi connectivity index (χ0) is 19.2. The monoisotopic (exact) mass is 384 g/mol. The lowest BCUT2D eigenvalue weighted by Crippen LogP contribution is -2.36. The molecule has 1 unspecified atom stereocenters. The predicted molar refractivity (Wildman–Crippen MR) is 106 cm³/mol. The third-order valence-corrected chi connectivity index (χ3v) is 5.98. The Morgan fingerprint density at radius 3 is 2.93 bits per heavy atom. The van der Waals surface area contributed by atoms with E-state index in [9.17, 15) is 9.90 Å². The number of fused-ring (bicyclic) bond motifs is 1. The van der Waals surface area contributed by atoms with Gasteiger partial charge in [0.1, 0.15) is 11.8 Å². The number of hydrogen-bond acceptors (Lipinski definition) is 6. The Labute approximate surface area is 163 Å². The van der Waals surface area contributed by atoms with Gasteiger partial charge in [0.25, 0.3) is 0 Å². The van der Waals surface area contributed by atoms with Gasteiger partial charge in [-0.15, -0.1) is 5.10 Å². The van der Waals surface area contributed by atoms with Crippen molar-refractivity contribution in [1.29, 1.82) is 0 Å². The number of anilines is 1. The molecule has 2 heterocycles. The topological polar surface area (TPSA) is 80.0 Å². The predicted octanol–water partition coefficient (Wildman–Crippen LogP) is 4.14. The minimum atomic E-state index is -0.365. The molecule has 0 saturated carbocycles. The highest BCUT2D eigenvalue weighted by Gasteiger charge is 2.41. The van der Waals surface area contributed by atoms with Crippen molar-refractivity contribution >= 4 is 23.5 Å². The summed E-state index contributed by atoms with van der Waals surface area (Å²) in [6.45, 7) is 6.35. The number of allylic oxidation sites excluding steroid dienone is 2. The first-order chi connectivity index (χ1) is 12.9. The third-order valence-electron chi connectivity index (χ3n) is 4.93. The van der Waals surface area contributed by atoms with Crippen LogP contribution in [-0.2, 0) is 4.79 Å². The van der Waals surface area contributed by atoms with Crippen molar-refractivity contribution < 1.29 is 9.90 Å². The Kier molecular flexibility index (Phi) is 4.50. The first kappa shape index (κ1) is 18.1. The highest BCUT2D eigenvalue weighted by atomic mass is 32.2. The van der Waals surface area contributed by atoms with E-state index >= 15 is 0 Å². The molecular formula is C20H24N4O2S. The van der Waals surface area contributed by atoms with Gasteiger partial charge in [0, 0.05) is 23.4 Å². The zero-order valence-corrected chi connectivity index (χ0v) is 16.6. The van der Waals surface area contributed by atoms with E-state index in [-0.39, 0.29) is 23.0 Å². The Hall–Kier alpha value is -2.28. The summed E-state index contributed by atoms with van der Waals surface area (Å²) in [4.78, 5) is 17.7. The number of nitrogens with one attached hydrogen (secondary N) is 1. The minimum Gasteiger partial charge on any atom is -0.508 e. The second kappa shape index (κ2) is 6.71. The van der Waals surface area contributed by atoms with Crippen LogP contribution in [0.2, 0.25) is 0 Å². The van der Waals surface area contributed by atoms with Crippen LogP contribution in [-0.4, -0.2) is 31.4 Å². The SMILES string of the molecule is CCCSc1nc2n(n1)C(c1cccc(O)c1)C1=C(CC(C)(C)CC1=O)N2. The largest absolute Gasteiger partial charge is 0.508 e. The molecule has 7 heteroatoms. The highest BCUT2D eigenvalue weighted by molar-refractivity contribution is 7.99. The Bertz CT molecular complexity index is 932. The molecular weight excluding hydrogens is 360 g/mol. The van der Waals surface area contributed by atoms with Crippen molar-refractivity contribution in [3.63, 3.8) is 0 Å². The van der Waals surface area contributed by atoms with Crippen molar-refractivity contribution in [3.8, 4) is 5.75 Å². The lowest BCUT2D eigenvalue weighted by atomic mass is 9.73. The van der Waals surface area contributed by atoms with Gasteiger partial charge in [-0.25, -0.2) is 4.68 Å². The third kappa shape index (κ3) is 3.36. The molecule has 27 heavy (non-hydrogen) atoms. The molecule has 0 saturated heterocycles. The number of phenolic OH excluding ortho intramolecular Hbond substituents is 1. The summed E-state index contributed by atoms with van der Waals surface area (Å²) in [6.07, 6.45) is 2.33. The molecule has 4 rings (SSSR count). The van der Waals surface area contributed by atoms with Gasteiger partial charge in [-0.3, -0.25) is 4.79 Å². The lowest BCUT2D eigenvalue weighted by Gasteiger charge is -2.38. The van der Waals surface area contributed by atoms with Crippen molar-refractivity contribution in [2.24, 2.45) is 5.41 Å². The van der Waals surface area contributed by atoms with Gasteiger partial charge in [0.05, 0.1) is 0 Å². The maximum atomic E-state index is 13.1. The average molecular weight is 385 g/mol. The van der Waals surface area contributed by atoms with Gasteiger partial charge in [0.15, 0.2) is 5.78 Å². The van der Waals surface area contributed by atoms with E-state index in [1.807, 2.05) is 6.07 Å². The smallest absolute Gasteiger partial charge is 0.227 e. The molecule has 0 spiro atoms. The molecule has 0 amide bonds. The summed E-state index contributed by atoms with van der Waals surface area (Å²) in [7, 11) is 0. The van der Waals surface area contributed by atoms with Crippen LogP contribution >= 0.6 is 11.8 Å². The molecule has 0 bridgehead atoms. The van der Waals surface area contributed by atoms with Gasteiger partial charge >= 0.3 is 0 Å². The first-order valence-electron chi connectivity index (χ1n) is 9.29. The van der Waals surface area contributed by atoms with E-state index in [2.05, 4.69) is 36.2 Å². The molecule has 142 valence electrons. The maximum absolute atomic E-state index is 13.1. The normalized spacial score (nSPS) is 20.9. The van der Waals surface area contributed by atoms with E-state index in [0.29, 0.717) is 17.5 Å². The summed E-state index contributed by atoms with van der Waals surface area (Å²) >= 11 is 1.61. The van der Waals surface area contributed by atoms with Crippen LogP contribution in [0.4, 0.5) is 5.95 Å². The van der Waals surface area contributed by atoms with Gasteiger partial charge < -0.3 is 10.4 Å². The van der Waals surface area contributed by atoms with E-state index in [1.54, 1.807) is 34.6 Å². The van der Waals surface area contributed by atoms with Crippen LogP contribution < -0.4 is 5.32 Å². The number of carbonyl (C=O) groups is 1. The van der Waals surface area contributed by atoms with E-state index in [1.165, 1.54) is 0 Å². The molecule has 1 aliphatic carbocycles. The average Bonchev–Trinajstić information content (AvgIpc) is 2.99. The number of nitrogens with zero attached hydrogens (tertiary/aromatic N) is 3. The standard InChI is InChI=1S/C20H24N4O2S/c1-4-8-27-19-22-18-21-14-10-20(2,3)11-15(26)16(14)17(24(18)23-19)12-6-5-7-13(25)9-12/h5-7,9,17,25H,4,8,10-11H2,1-3H3,(H,21,22,23). The van der Waals surface area contributed by atoms with Crippen LogP contribution in [0.15, 0.2) is 40.7 Å². The van der Waals surface area contributed by atoms with Gasteiger partial charge in [-0.1, -0.05) is 44.7 Å². The van der Waals surface area contributed by atoms with Crippen LogP contribution in [0.1, 0.15) is 51.6 Å². The lowest BCUT2D eigenvalue weighted by molar-refractivity contribution is -0.118. The fourth-order valence-corrected chi connectivity index (χ4v) is 4.53.